The first kappa shape index (κ1) is 18.0. The summed E-state index contributed by atoms with van der Waals surface area (Å²) in [5.41, 5.74) is 0. The number of hydrogen-bond donors (Lipinski definition) is 2. The van der Waals surface area contributed by atoms with Crippen LogP contribution in [0.1, 0.15) is 38.0 Å². The molecule has 0 bridgehead atoms. The summed E-state index contributed by atoms with van der Waals surface area (Å²) in [6.45, 7) is 6.52. The molecule has 138 valence electrons. The van der Waals surface area contributed by atoms with Crippen molar-refractivity contribution < 1.29 is 8.42 Å². The molecule has 0 aliphatic carbocycles. The number of aryl methyl sites for hydroxylation is 1. The van der Waals surface area contributed by atoms with Crippen LogP contribution in [0.2, 0.25) is 0 Å². The van der Waals surface area contributed by atoms with Crippen LogP contribution < -0.4 is 10.0 Å². The minimum atomic E-state index is -3.72. The van der Waals surface area contributed by atoms with E-state index in [0.717, 1.165) is 31.9 Å². The Morgan fingerprint density at radius 2 is 2.12 bits per heavy atom. The van der Waals surface area contributed by atoms with Crippen molar-refractivity contribution in [1.29, 1.82) is 0 Å². The van der Waals surface area contributed by atoms with Gasteiger partial charge in [0.15, 0.2) is 10.9 Å². The fraction of sp³-hybridized carbons (Fsp3) is 0.667. The molecule has 0 fully saturated rings. The van der Waals surface area contributed by atoms with Gasteiger partial charge in [-0.1, -0.05) is 13.8 Å². The number of nitrogens with zero attached hydrogens (tertiary/aromatic N) is 5. The molecule has 25 heavy (non-hydrogen) atoms. The Balaban J connectivity index is 1.92. The summed E-state index contributed by atoms with van der Waals surface area (Å²) < 4.78 is 31.9. The monoisotopic (exact) mass is 367 g/mol. The Bertz CT molecular complexity index is 825. The predicted molar refractivity (Wildman–Crippen MR) is 92.3 cm³/mol. The van der Waals surface area contributed by atoms with Crippen LogP contribution in [-0.2, 0) is 30.0 Å². The summed E-state index contributed by atoms with van der Waals surface area (Å²) in [6, 6.07) is -0.439. The molecule has 2 aromatic heterocycles. The molecule has 3 heterocycles. The van der Waals surface area contributed by atoms with Crippen LogP contribution in [-0.4, -0.2) is 45.8 Å². The fourth-order valence-corrected chi connectivity index (χ4v) is 4.19. The highest BCUT2D eigenvalue weighted by molar-refractivity contribution is 7.89. The van der Waals surface area contributed by atoms with E-state index in [-0.39, 0.29) is 5.03 Å². The van der Waals surface area contributed by atoms with Crippen molar-refractivity contribution >= 4 is 10.0 Å². The third kappa shape index (κ3) is 4.07. The SMILES string of the molecule is CC(C)CC(NS(=O)(=O)c1cn(C)cn1)c1nnc2n1CCNCC2. The second kappa shape index (κ2) is 7.22. The number of imidazole rings is 1. The highest BCUT2D eigenvalue weighted by Crippen LogP contribution is 2.23. The molecule has 0 radical (unpaired) electrons. The summed E-state index contributed by atoms with van der Waals surface area (Å²) in [5.74, 6) is 1.87. The Morgan fingerprint density at radius 1 is 1.32 bits per heavy atom. The summed E-state index contributed by atoms with van der Waals surface area (Å²) in [5, 5.41) is 11.9. The van der Waals surface area contributed by atoms with Gasteiger partial charge in [-0.05, 0) is 12.3 Å². The van der Waals surface area contributed by atoms with Gasteiger partial charge in [0.05, 0.1) is 12.4 Å². The number of fused-ring (bicyclic) bond motifs is 1. The third-order valence-corrected chi connectivity index (χ3v) is 5.52. The number of aromatic nitrogens is 5. The van der Waals surface area contributed by atoms with E-state index in [0.29, 0.717) is 18.2 Å². The van der Waals surface area contributed by atoms with Crippen LogP contribution >= 0.6 is 0 Å². The molecular weight excluding hydrogens is 342 g/mol. The van der Waals surface area contributed by atoms with Crippen LogP contribution in [0, 0.1) is 5.92 Å². The van der Waals surface area contributed by atoms with E-state index in [1.807, 2.05) is 4.57 Å². The largest absolute Gasteiger partial charge is 0.339 e. The van der Waals surface area contributed by atoms with E-state index < -0.39 is 16.1 Å². The smallest absolute Gasteiger partial charge is 0.260 e. The Labute approximate surface area is 147 Å². The quantitative estimate of drug-likeness (QED) is 0.757. The van der Waals surface area contributed by atoms with E-state index in [4.69, 9.17) is 0 Å². The summed E-state index contributed by atoms with van der Waals surface area (Å²) in [4.78, 5) is 3.96. The van der Waals surface area contributed by atoms with Gasteiger partial charge in [-0.3, -0.25) is 0 Å². The summed E-state index contributed by atoms with van der Waals surface area (Å²) in [6.07, 6.45) is 4.38. The van der Waals surface area contributed by atoms with Gasteiger partial charge >= 0.3 is 0 Å². The van der Waals surface area contributed by atoms with Gasteiger partial charge in [-0.25, -0.2) is 13.4 Å². The highest BCUT2D eigenvalue weighted by Gasteiger charge is 2.29. The van der Waals surface area contributed by atoms with Crippen LogP contribution in [0.5, 0.6) is 0 Å². The molecule has 1 aliphatic heterocycles. The molecule has 0 saturated carbocycles. The fourth-order valence-electron chi connectivity index (χ4n) is 3.00. The zero-order valence-electron chi connectivity index (χ0n) is 14.8. The standard InChI is InChI=1S/C15H25N7O2S/c1-11(2)8-12(20-25(23,24)14-9-21(3)10-17-14)15-19-18-13-4-5-16-6-7-22(13)15/h9-12,16,20H,4-8H2,1-3H3. The zero-order valence-corrected chi connectivity index (χ0v) is 15.6. The zero-order chi connectivity index (χ0) is 18.0. The van der Waals surface area contributed by atoms with Crippen molar-refractivity contribution in [2.24, 2.45) is 13.0 Å². The van der Waals surface area contributed by atoms with Crippen molar-refractivity contribution in [1.82, 2.24) is 34.4 Å². The number of rotatable bonds is 6. The lowest BCUT2D eigenvalue weighted by molar-refractivity contribution is 0.438. The highest BCUT2D eigenvalue weighted by atomic mass is 32.2. The lowest BCUT2D eigenvalue weighted by atomic mass is 10.0. The second-order valence-electron chi connectivity index (χ2n) is 6.81. The van der Waals surface area contributed by atoms with Crippen LogP contribution in [0.4, 0.5) is 0 Å². The second-order valence-corrected chi connectivity index (χ2v) is 8.47. The molecule has 0 aromatic carbocycles. The Kier molecular flexibility index (Phi) is 5.21. The van der Waals surface area contributed by atoms with Crippen LogP contribution in [0.3, 0.4) is 0 Å². The first-order chi connectivity index (χ1) is 11.9. The van der Waals surface area contributed by atoms with Gasteiger partial charge in [0, 0.05) is 39.3 Å². The van der Waals surface area contributed by atoms with E-state index in [1.54, 1.807) is 11.6 Å². The van der Waals surface area contributed by atoms with Crippen molar-refractivity contribution in [3.8, 4) is 0 Å². The van der Waals surface area contributed by atoms with E-state index in [1.165, 1.54) is 12.5 Å². The van der Waals surface area contributed by atoms with E-state index >= 15 is 0 Å². The van der Waals surface area contributed by atoms with Crippen molar-refractivity contribution in [2.45, 2.75) is 44.3 Å². The maximum atomic E-state index is 12.7. The molecule has 2 N–H and O–H groups in total. The van der Waals surface area contributed by atoms with Gasteiger partial charge in [0.1, 0.15) is 5.82 Å². The van der Waals surface area contributed by atoms with Crippen LogP contribution in [0.25, 0.3) is 0 Å². The minimum Gasteiger partial charge on any atom is -0.339 e. The normalized spacial score (nSPS) is 16.6. The van der Waals surface area contributed by atoms with Gasteiger partial charge in [0.25, 0.3) is 10.0 Å². The molecule has 2 aromatic rings. The van der Waals surface area contributed by atoms with Crippen molar-refractivity contribution in [3.63, 3.8) is 0 Å². The third-order valence-electron chi connectivity index (χ3n) is 4.17. The first-order valence-electron chi connectivity index (χ1n) is 8.50. The molecule has 1 aliphatic rings. The van der Waals surface area contributed by atoms with Gasteiger partial charge in [-0.15, -0.1) is 10.2 Å². The summed E-state index contributed by atoms with van der Waals surface area (Å²) >= 11 is 0. The molecule has 0 amide bonds. The van der Waals surface area contributed by atoms with Crippen molar-refractivity contribution in [2.75, 3.05) is 13.1 Å². The van der Waals surface area contributed by atoms with E-state index in [2.05, 4.69) is 39.1 Å². The first-order valence-corrected chi connectivity index (χ1v) is 9.98. The number of sulfonamides is 1. The van der Waals surface area contributed by atoms with Gasteiger partial charge < -0.3 is 14.5 Å². The average Bonchev–Trinajstić information content (AvgIpc) is 3.07. The molecule has 0 saturated heterocycles. The Hall–Kier alpha value is -1.78. The molecule has 10 heteroatoms. The van der Waals surface area contributed by atoms with Crippen LogP contribution in [0.15, 0.2) is 17.6 Å². The molecule has 9 nitrogen and oxygen atoms in total. The molecule has 1 atom stereocenters. The topological polar surface area (TPSA) is 107 Å². The number of hydrogen-bond acceptors (Lipinski definition) is 6. The van der Waals surface area contributed by atoms with Gasteiger partial charge in [0.2, 0.25) is 0 Å². The maximum absolute atomic E-state index is 12.7. The van der Waals surface area contributed by atoms with E-state index in [9.17, 15) is 8.42 Å². The molecular formula is C15H25N7O2S. The molecule has 3 rings (SSSR count). The Morgan fingerprint density at radius 3 is 2.80 bits per heavy atom. The van der Waals surface area contributed by atoms with Gasteiger partial charge in [-0.2, -0.15) is 4.72 Å². The number of nitrogens with one attached hydrogen (secondary N) is 2. The molecule has 0 spiro atoms. The predicted octanol–water partition coefficient (Wildman–Crippen LogP) is 0.223. The van der Waals surface area contributed by atoms with Crippen molar-refractivity contribution in [3.05, 3.63) is 24.2 Å². The minimum absolute atomic E-state index is 0.0148. The lowest BCUT2D eigenvalue weighted by Gasteiger charge is -2.20. The maximum Gasteiger partial charge on any atom is 0.260 e. The lowest BCUT2D eigenvalue weighted by Crippen LogP contribution is -2.32. The molecule has 1 unspecified atom stereocenters. The average molecular weight is 367 g/mol. The summed E-state index contributed by atoms with van der Waals surface area (Å²) in [7, 11) is -1.99.